The van der Waals surface area contributed by atoms with E-state index in [4.69, 9.17) is 5.73 Å². The molecule has 2 aliphatic rings. The number of aliphatic hydroxyl groups is 1. The SMILES string of the molecule is NC(=O)CN1CC[C@@H](Cn2cc(F)c3c(N(Cc4ccc(C(F)(F)F)cc4)C4CC4)ncnc32)[C@H](O)C1. The predicted molar refractivity (Wildman–Crippen MR) is 128 cm³/mol. The summed E-state index contributed by atoms with van der Waals surface area (Å²) in [5.41, 5.74) is 5.60. The summed E-state index contributed by atoms with van der Waals surface area (Å²) >= 11 is 0. The molecule has 1 amide bonds. The molecule has 1 aliphatic carbocycles. The van der Waals surface area contributed by atoms with Gasteiger partial charge in [-0.25, -0.2) is 14.4 Å². The lowest BCUT2D eigenvalue weighted by atomic mass is 9.93. The Bertz CT molecular complexity index is 1270. The van der Waals surface area contributed by atoms with E-state index in [0.29, 0.717) is 43.1 Å². The molecule has 37 heavy (non-hydrogen) atoms. The quantitative estimate of drug-likeness (QED) is 0.443. The summed E-state index contributed by atoms with van der Waals surface area (Å²) in [6.07, 6.45) is -0.0373. The van der Waals surface area contributed by atoms with Crippen LogP contribution >= 0.6 is 0 Å². The fraction of sp³-hybridized carbons (Fsp3) is 0.480. The predicted octanol–water partition coefficient (Wildman–Crippen LogP) is 2.93. The summed E-state index contributed by atoms with van der Waals surface area (Å²) < 4.78 is 55.9. The lowest BCUT2D eigenvalue weighted by molar-refractivity contribution is -0.137. The molecule has 3 aromatic rings. The van der Waals surface area contributed by atoms with E-state index in [-0.39, 0.29) is 30.4 Å². The minimum Gasteiger partial charge on any atom is -0.391 e. The van der Waals surface area contributed by atoms with Gasteiger partial charge in [0.05, 0.1) is 23.6 Å². The van der Waals surface area contributed by atoms with E-state index in [2.05, 4.69) is 9.97 Å². The van der Waals surface area contributed by atoms with Gasteiger partial charge in [-0.15, -0.1) is 0 Å². The maximum Gasteiger partial charge on any atom is 0.416 e. The molecule has 1 aliphatic heterocycles. The monoisotopic (exact) mass is 520 g/mol. The molecule has 3 heterocycles. The number of benzene rings is 1. The van der Waals surface area contributed by atoms with Crippen molar-refractivity contribution in [1.29, 1.82) is 0 Å². The number of β-amino-alcohol motifs (C(OH)–C–C–N with tert-alkyl or cyclic N) is 1. The number of alkyl halides is 3. The highest BCUT2D eigenvalue weighted by atomic mass is 19.4. The molecule has 2 aromatic heterocycles. The molecule has 0 radical (unpaired) electrons. The van der Waals surface area contributed by atoms with Crippen molar-refractivity contribution in [2.45, 2.75) is 50.7 Å². The van der Waals surface area contributed by atoms with Gasteiger partial charge in [0.2, 0.25) is 5.91 Å². The molecule has 2 atom stereocenters. The summed E-state index contributed by atoms with van der Waals surface area (Å²) in [6.45, 7) is 1.60. The Morgan fingerprint density at radius 1 is 1.16 bits per heavy atom. The largest absolute Gasteiger partial charge is 0.416 e. The van der Waals surface area contributed by atoms with Crippen LogP contribution in [0.1, 0.15) is 30.4 Å². The maximum absolute atomic E-state index is 15.3. The first-order chi connectivity index (χ1) is 17.6. The minimum atomic E-state index is -4.41. The second kappa shape index (κ2) is 9.90. The fourth-order valence-corrected chi connectivity index (χ4v) is 5.05. The molecular formula is C25H28F4N6O2. The number of aliphatic hydroxyl groups excluding tert-OH is 1. The number of carbonyl (C=O) groups is 1. The molecule has 0 unspecified atom stereocenters. The van der Waals surface area contributed by atoms with Crippen molar-refractivity contribution in [1.82, 2.24) is 19.4 Å². The van der Waals surface area contributed by atoms with Crippen molar-refractivity contribution in [3.05, 3.63) is 53.7 Å². The number of amides is 1. The fourth-order valence-electron chi connectivity index (χ4n) is 5.05. The lowest BCUT2D eigenvalue weighted by Crippen LogP contribution is -2.47. The summed E-state index contributed by atoms with van der Waals surface area (Å²) in [5.74, 6) is -0.709. The molecule has 2 fully saturated rings. The molecule has 12 heteroatoms. The van der Waals surface area contributed by atoms with Gasteiger partial charge in [-0.2, -0.15) is 13.2 Å². The highest BCUT2D eigenvalue weighted by molar-refractivity contribution is 5.89. The highest BCUT2D eigenvalue weighted by Crippen LogP contribution is 2.37. The van der Waals surface area contributed by atoms with E-state index in [9.17, 15) is 23.1 Å². The van der Waals surface area contributed by atoms with Crippen molar-refractivity contribution >= 4 is 22.8 Å². The zero-order valence-electron chi connectivity index (χ0n) is 20.0. The van der Waals surface area contributed by atoms with Gasteiger partial charge in [0, 0.05) is 37.8 Å². The van der Waals surface area contributed by atoms with Crippen molar-refractivity contribution < 1.29 is 27.5 Å². The molecule has 198 valence electrons. The Hall–Kier alpha value is -3.25. The Balaban J connectivity index is 1.38. The summed E-state index contributed by atoms with van der Waals surface area (Å²) in [7, 11) is 0. The average molecular weight is 521 g/mol. The Kier molecular flexibility index (Phi) is 6.80. The lowest BCUT2D eigenvalue weighted by Gasteiger charge is -2.35. The zero-order valence-corrected chi connectivity index (χ0v) is 20.0. The second-order valence-corrected chi connectivity index (χ2v) is 9.90. The smallest absolute Gasteiger partial charge is 0.391 e. The van der Waals surface area contributed by atoms with Crippen molar-refractivity contribution in [2.75, 3.05) is 24.5 Å². The van der Waals surface area contributed by atoms with E-state index in [1.807, 2.05) is 4.90 Å². The number of hydrogen-bond donors (Lipinski definition) is 2. The van der Waals surface area contributed by atoms with Gasteiger partial charge < -0.3 is 20.3 Å². The Labute approximate surface area is 210 Å². The van der Waals surface area contributed by atoms with Crippen molar-refractivity contribution in [2.24, 2.45) is 11.7 Å². The number of halogens is 4. The van der Waals surface area contributed by atoms with Crippen LogP contribution in [0.4, 0.5) is 23.4 Å². The number of nitrogens with two attached hydrogens (primary N) is 1. The normalized spacial score (nSPS) is 20.9. The molecule has 1 saturated carbocycles. The molecule has 5 rings (SSSR count). The molecule has 0 spiro atoms. The second-order valence-electron chi connectivity index (χ2n) is 9.90. The third-order valence-corrected chi connectivity index (χ3v) is 7.10. The number of piperidine rings is 1. The topological polar surface area (TPSA) is 101 Å². The third-order valence-electron chi connectivity index (χ3n) is 7.10. The molecule has 1 saturated heterocycles. The van der Waals surface area contributed by atoms with Crippen LogP contribution in [-0.2, 0) is 24.1 Å². The van der Waals surface area contributed by atoms with Gasteiger partial charge in [0.15, 0.2) is 5.82 Å². The van der Waals surface area contributed by atoms with E-state index in [1.54, 1.807) is 9.47 Å². The van der Waals surface area contributed by atoms with E-state index < -0.39 is 29.6 Å². The van der Waals surface area contributed by atoms with Crippen LogP contribution in [0.25, 0.3) is 11.0 Å². The number of carbonyl (C=O) groups excluding carboxylic acids is 1. The van der Waals surface area contributed by atoms with Crippen molar-refractivity contribution in [3.8, 4) is 0 Å². The van der Waals surface area contributed by atoms with Crippen LogP contribution in [0, 0.1) is 11.7 Å². The van der Waals surface area contributed by atoms with Crippen molar-refractivity contribution in [3.63, 3.8) is 0 Å². The number of fused-ring (bicyclic) bond motifs is 1. The van der Waals surface area contributed by atoms with Crippen LogP contribution in [-0.4, -0.2) is 62.2 Å². The maximum atomic E-state index is 15.3. The minimum absolute atomic E-state index is 0.0807. The number of primary amides is 1. The van der Waals surface area contributed by atoms with Crippen LogP contribution in [0.15, 0.2) is 36.8 Å². The summed E-state index contributed by atoms with van der Waals surface area (Å²) in [5, 5.41) is 10.9. The molecule has 8 nitrogen and oxygen atoms in total. The number of likely N-dealkylation sites (tertiary alicyclic amines) is 1. The summed E-state index contributed by atoms with van der Waals surface area (Å²) in [6, 6.07) is 5.08. The highest BCUT2D eigenvalue weighted by Gasteiger charge is 2.34. The Morgan fingerprint density at radius 2 is 1.89 bits per heavy atom. The first kappa shape index (κ1) is 25.4. The van der Waals surface area contributed by atoms with Crippen LogP contribution in [0.3, 0.4) is 0 Å². The number of anilines is 1. The number of nitrogens with zero attached hydrogens (tertiary/aromatic N) is 5. The number of aromatic nitrogens is 3. The molecular weight excluding hydrogens is 492 g/mol. The number of hydrogen-bond acceptors (Lipinski definition) is 6. The van der Waals surface area contributed by atoms with Gasteiger partial charge in [-0.05, 0) is 43.5 Å². The van der Waals surface area contributed by atoms with E-state index in [0.717, 1.165) is 25.0 Å². The van der Waals surface area contributed by atoms with E-state index in [1.165, 1.54) is 24.7 Å². The number of rotatable bonds is 8. The van der Waals surface area contributed by atoms with Gasteiger partial charge in [0.1, 0.15) is 17.8 Å². The van der Waals surface area contributed by atoms with Gasteiger partial charge >= 0.3 is 6.18 Å². The Morgan fingerprint density at radius 3 is 2.51 bits per heavy atom. The molecule has 3 N–H and O–H groups in total. The van der Waals surface area contributed by atoms with Gasteiger partial charge in [-0.1, -0.05) is 12.1 Å². The van der Waals surface area contributed by atoms with Crippen LogP contribution in [0.5, 0.6) is 0 Å². The van der Waals surface area contributed by atoms with E-state index >= 15 is 4.39 Å². The zero-order chi connectivity index (χ0) is 26.3. The standard InChI is InChI=1S/C25H28F4N6O2/c26-19-11-34(10-16-7-8-33(12-20(16)36)13-21(30)37)23-22(19)24(32-14-31-23)35(18-5-6-18)9-15-1-3-17(4-2-15)25(27,28)29/h1-4,11,14,16,18,20,36H,5-10,12-13H2,(H2,30,37)/t16-,20+/m0/s1. The molecule has 0 bridgehead atoms. The van der Waals surface area contributed by atoms with Gasteiger partial charge in [0.25, 0.3) is 0 Å². The van der Waals surface area contributed by atoms with Crippen LogP contribution < -0.4 is 10.6 Å². The first-order valence-corrected chi connectivity index (χ1v) is 12.2. The first-order valence-electron chi connectivity index (χ1n) is 12.2. The van der Waals surface area contributed by atoms with Gasteiger partial charge in [-0.3, -0.25) is 9.69 Å². The third kappa shape index (κ3) is 5.54. The average Bonchev–Trinajstić information content (AvgIpc) is 3.63. The van der Waals surface area contributed by atoms with Crippen LogP contribution in [0.2, 0.25) is 0 Å². The summed E-state index contributed by atoms with van der Waals surface area (Å²) in [4.78, 5) is 23.6. The molecule has 1 aromatic carbocycles.